The highest BCUT2D eigenvalue weighted by Crippen LogP contribution is 2.37. The van der Waals surface area contributed by atoms with Crippen molar-refractivity contribution >= 4 is 11.7 Å². The van der Waals surface area contributed by atoms with Crippen molar-refractivity contribution < 1.29 is 34.4 Å². The summed E-state index contributed by atoms with van der Waals surface area (Å²) >= 11 is 0. The number of halogens is 1. The van der Waals surface area contributed by atoms with Crippen LogP contribution in [0.5, 0.6) is 5.75 Å². The Morgan fingerprint density at radius 2 is 1.87 bits per heavy atom. The highest BCUT2D eigenvalue weighted by Gasteiger charge is 2.39. The number of carbonyl (C=O) groups is 1. The number of hydrogen-bond acceptors (Lipinski definition) is 6. The molecule has 7 nitrogen and oxygen atoms in total. The SMILES string of the molecule is O=C(O)CCCCCCC1C(O)C/C(=N/O)C1CCC(O)COc1ccc(F)cc1. The third-order valence-corrected chi connectivity index (χ3v) is 5.73. The van der Waals surface area contributed by atoms with Gasteiger partial charge in [0.1, 0.15) is 18.2 Å². The topological polar surface area (TPSA) is 120 Å². The average molecular weight is 425 g/mol. The summed E-state index contributed by atoms with van der Waals surface area (Å²) in [5.41, 5.74) is 0.560. The molecule has 0 amide bonds. The number of aliphatic hydroxyl groups is 2. The number of carboxylic acid groups (broad SMARTS) is 1. The zero-order valence-corrected chi connectivity index (χ0v) is 17.1. The molecule has 0 bridgehead atoms. The van der Waals surface area contributed by atoms with Crippen LogP contribution in [0.15, 0.2) is 29.4 Å². The molecule has 1 aliphatic carbocycles. The summed E-state index contributed by atoms with van der Waals surface area (Å²) in [6, 6.07) is 5.58. The van der Waals surface area contributed by atoms with E-state index in [0.717, 1.165) is 25.7 Å². The molecule has 0 aliphatic heterocycles. The number of hydrogen-bond donors (Lipinski definition) is 4. The van der Waals surface area contributed by atoms with E-state index in [4.69, 9.17) is 9.84 Å². The minimum atomic E-state index is -0.785. The number of oxime groups is 1. The molecule has 0 spiro atoms. The van der Waals surface area contributed by atoms with Crippen LogP contribution in [0.3, 0.4) is 0 Å². The van der Waals surface area contributed by atoms with Crippen molar-refractivity contribution in [3.05, 3.63) is 30.1 Å². The van der Waals surface area contributed by atoms with Gasteiger partial charge < -0.3 is 25.3 Å². The van der Waals surface area contributed by atoms with Crippen molar-refractivity contribution in [2.24, 2.45) is 17.0 Å². The van der Waals surface area contributed by atoms with Crippen LogP contribution in [0.4, 0.5) is 4.39 Å². The molecule has 0 heterocycles. The normalized spacial score (nSPS) is 23.6. The first kappa shape index (κ1) is 24.1. The van der Waals surface area contributed by atoms with Gasteiger partial charge in [0, 0.05) is 18.8 Å². The Morgan fingerprint density at radius 3 is 2.53 bits per heavy atom. The first-order valence-corrected chi connectivity index (χ1v) is 10.6. The number of nitrogens with zero attached hydrogens (tertiary/aromatic N) is 1. The van der Waals surface area contributed by atoms with Gasteiger partial charge in [-0.2, -0.15) is 0 Å². The molecule has 0 radical (unpaired) electrons. The van der Waals surface area contributed by atoms with Gasteiger partial charge in [-0.15, -0.1) is 0 Å². The summed E-state index contributed by atoms with van der Waals surface area (Å²) < 4.78 is 18.4. The maximum absolute atomic E-state index is 12.9. The van der Waals surface area contributed by atoms with Crippen LogP contribution in [0.1, 0.15) is 57.8 Å². The van der Waals surface area contributed by atoms with Gasteiger partial charge in [-0.1, -0.05) is 24.4 Å². The molecule has 4 N–H and O–H groups in total. The summed E-state index contributed by atoms with van der Waals surface area (Å²) in [5, 5.41) is 42.0. The van der Waals surface area contributed by atoms with Gasteiger partial charge in [0.15, 0.2) is 0 Å². The van der Waals surface area contributed by atoms with Crippen molar-refractivity contribution in [1.82, 2.24) is 0 Å². The smallest absolute Gasteiger partial charge is 0.303 e. The number of aliphatic hydroxyl groups excluding tert-OH is 2. The lowest BCUT2D eigenvalue weighted by molar-refractivity contribution is -0.137. The molecule has 0 saturated heterocycles. The molecule has 1 saturated carbocycles. The van der Waals surface area contributed by atoms with E-state index in [1.165, 1.54) is 24.3 Å². The fourth-order valence-corrected chi connectivity index (χ4v) is 4.11. The fourth-order valence-electron chi connectivity index (χ4n) is 4.11. The predicted molar refractivity (Wildman–Crippen MR) is 109 cm³/mol. The van der Waals surface area contributed by atoms with E-state index >= 15 is 0 Å². The van der Waals surface area contributed by atoms with Crippen LogP contribution in [0, 0.1) is 17.7 Å². The second-order valence-corrected chi connectivity index (χ2v) is 7.98. The molecule has 4 atom stereocenters. The summed E-state index contributed by atoms with van der Waals surface area (Å²) in [5.74, 6) is -0.811. The number of rotatable bonds is 13. The van der Waals surface area contributed by atoms with Gasteiger partial charge in [-0.3, -0.25) is 4.79 Å². The van der Waals surface area contributed by atoms with Crippen LogP contribution in [-0.4, -0.2) is 51.0 Å². The zero-order chi connectivity index (χ0) is 21.9. The standard InChI is InChI=1S/C22H32FNO6/c23-15-7-10-17(11-8-15)30-14-16(25)9-12-18-19(21(26)13-20(18)24-29)5-3-1-2-4-6-22(27)28/h7-8,10-11,16,18-19,21,25-26,29H,1-6,9,12-14H2,(H,27,28)/b24-20-. The zero-order valence-electron chi connectivity index (χ0n) is 17.1. The molecule has 168 valence electrons. The van der Waals surface area contributed by atoms with E-state index < -0.39 is 18.2 Å². The fraction of sp³-hybridized carbons (Fsp3) is 0.636. The first-order valence-electron chi connectivity index (χ1n) is 10.6. The molecular weight excluding hydrogens is 393 g/mol. The van der Waals surface area contributed by atoms with E-state index in [0.29, 0.717) is 37.1 Å². The Balaban J connectivity index is 1.76. The predicted octanol–water partition coefficient (Wildman–Crippen LogP) is 3.60. The van der Waals surface area contributed by atoms with E-state index in [2.05, 4.69) is 5.16 Å². The van der Waals surface area contributed by atoms with Crippen molar-refractivity contribution in [3.63, 3.8) is 0 Å². The maximum atomic E-state index is 12.9. The number of unbranched alkanes of at least 4 members (excludes halogenated alkanes) is 3. The van der Waals surface area contributed by atoms with Gasteiger partial charge in [0.05, 0.1) is 17.9 Å². The molecule has 1 aromatic rings. The van der Waals surface area contributed by atoms with Gasteiger partial charge >= 0.3 is 5.97 Å². The number of aliphatic carboxylic acids is 1. The number of carboxylic acids is 1. The summed E-state index contributed by atoms with van der Waals surface area (Å²) in [4.78, 5) is 10.5. The molecule has 30 heavy (non-hydrogen) atoms. The number of benzene rings is 1. The lowest BCUT2D eigenvalue weighted by Gasteiger charge is -2.23. The second kappa shape index (κ2) is 12.5. The van der Waals surface area contributed by atoms with Crippen LogP contribution < -0.4 is 4.74 Å². The van der Waals surface area contributed by atoms with E-state index in [-0.39, 0.29) is 30.7 Å². The first-order chi connectivity index (χ1) is 14.4. The third kappa shape index (κ3) is 7.91. The molecule has 4 unspecified atom stereocenters. The minimum absolute atomic E-state index is 0.0411. The lowest BCUT2D eigenvalue weighted by atomic mass is 9.85. The van der Waals surface area contributed by atoms with E-state index in [1.54, 1.807) is 0 Å². The largest absolute Gasteiger partial charge is 0.491 e. The Hall–Kier alpha value is -2.19. The van der Waals surface area contributed by atoms with Gasteiger partial charge in [0.2, 0.25) is 0 Å². The van der Waals surface area contributed by atoms with Gasteiger partial charge in [0.25, 0.3) is 0 Å². The van der Waals surface area contributed by atoms with Crippen LogP contribution in [0.2, 0.25) is 0 Å². The summed E-state index contributed by atoms with van der Waals surface area (Å²) in [6.07, 6.45) is 4.18. The monoisotopic (exact) mass is 425 g/mol. The average Bonchev–Trinajstić information content (AvgIpc) is 3.03. The molecule has 1 aliphatic rings. The molecule has 2 rings (SSSR count). The van der Waals surface area contributed by atoms with Crippen LogP contribution >= 0.6 is 0 Å². The summed E-state index contributed by atoms with van der Waals surface area (Å²) in [6.45, 7) is 0.0702. The van der Waals surface area contributed by atoms with E-state index in [9.17, 15) is 24.6 Å². The van der Waals surface area contributed by atoms with Gasteiger partial charge in [-0.05, 0) is 55.9 Å². The third-order valence-electron chi connectivity index (χ3n) is 5.73. The number of ether oxygens (including phenoxy) is 1. The highest BCUT2D eigenvalue weighted by molar-refractivity contribution is 5.89. The maximum Gasteiger partial charge on any atom is 0.303 e. The van der Waals surface area contributed by atoms with Crippen LogP contribution in [-0.2, 0) is 4.79 Å². The Morgan fingerprint density at radius 1 is 1.17 bits per heavy atom. The van der Waals surface area contributed by atoms with Crippen molar-refractivity contribution in [2.45, 2.75) is 70.0 Å². The highest BCUT2D eigenvalue weighted by atomic mass is 19.1. The van der Waals surface area contributed by atoms with E-state index in [1.807, 2.05) is 0 Å². The second-order valence-electron chi connectivity index (χ2n) is 7.98. The Kier molecular flexibility index (Phi) is 10.0. The van der Waals surface area contributed by atoms with Gasteiger partial charge in [-0.25, -0.2) is 4.39 Å². The molecule has 0 aromatic heterocycles. The Bertz CT molecular complexity index is 681. The van der Waals surface area contributed by atoms with Crippen molar-refractivity contribution in [2.75, 3.05) is 6.61 Å². The molecule has 1 fully saturated rings. The van der Waals surface area contributed by atoms with Crippen molar-refractivity contribution in [3.8, 4) is 5.75 Å². The quantitative estimate of drug-likeness (QED) is 0.218. The molecule has 8 heteroatoms. The lowest BCUT2D eigenvalue weighted by Crippen LogP contribution is -2.24. The van der Waals surface area contributed by atoms with Crippen LogP contribution in [0.25, 0.3) is 0 Å². The Labute approximate surface area is 176 Å². The minimum Gasteiger partial charge on any atom is -0.491 e. The summed E-state index contributed by atoms with van der Waals surface area (Å²) in [7, 11) is 0. The molecule has 1 aromatic carbocycles. The molecular formula is C22H32FNO6. The van der Waals surface area contributed by atoms with Crippen molar-refractivity contribution in [1.29, 1.82) is 0 Å².